The van der Waals surface area contributed by atoms with E-state index in [1.165, 1.54) is 12.3 Å². The largest absolute Gasteiger partial charge is 0.478 e. The van der Waals surface area contributed by atoms with Crippen molar-refractivity contribution in [2.24, 2.45) is 5.92 Å². The Morgan fingerprint density at radius 1 is 1.50 bits per heavy atom. The van der Waals surface area contributed by atoms with Crippen LogP contribution in [0.2, 0.25) is 0 Å². The van der Waals surface area contributed by atoms with Gasteiger partial charge in [0.15, 0.2) is 0 Å². The Labute approximate surface area is 95.7 Å². The van der Waals surface area contributed by atoms with Crippen molar-refractivity contribution < 1.29 is 14.3 Å². The molecule has 90 valence electrons. The van der Waals surface area contributed by atoms with Gasteiger partial charge in [-0.15, -0.1) is 0 Å². The maximum absolute atomic E-state index is 10.8. The Bertz CT molecular complexity index is 344. The van der Waals surface area contributed by atoms with E-state index in [9.17, 15) is 4.79 Å². The summed E-state index contributed by atoms with van der Waals surface area (Å²) in [6.07, 6.45) is 2.47. The number of carboxylic acids is 1. The second kappa shape index (κ2) is 5.70. The SMILES string of the molecule is CC(C)CC(C)NCc1occc1C(=O)O. The van der Waals surface area contributed by atoms with Crippen molar-refractivity contribution in [1.29, 1.82) is 0 Å². The van der Waals surface area contributed by atoms with Gasteiger partial charge in [0.25, 0.3) is 0 Å². The van der Waals surface area contributed by atoms with Gasteiger partial charge in [0.2, 0.25) is 0 Å². The van der Waals surface area contributed by atoms with Gasteiger partial charge in [-0.3, -0.25) is 0 Å². The molecule has 2 N–H and O–H groups in total. The third-order valence-corrected chi connectivity index (χ3v) is 2.41. The zero-order valence-electron chi connectivity index (χ0n) is 9.99. The van der Waals surface area contributed by atoms with Crippen LogP contribution >= 0.6 is 0 Å². The molecule has 16 heavy (non-hydrogen) atoms. The molecule has 0 bridgehead atoms. The summed E-state index contributed by atoms with van der Waals surface area (Å²) >= 11 is 0. The van der Waals surface area contributed by atoms with Crippen LogP contribution in [0.3, 0.4) is 0 Å². The van der Waals surface area contributed by atoms with Crippen molar-refractivity contribution in [3.8, 4) is 0 Å². The molecule has 4 nitrogen and oxygen atoms in total. The number of hydrogen-bond donors (Lipinski definition) is 2. The van der Waals surface area contributed by atoms with Crippen LogP contribution in [0.1, 0.15) is 43.3 Å². The Kier molecular flexibility index (Phi) is 4.55. The van der Waals surface area contributed by atoms with Crippen LogP contribution in [0.5, 0.6) is 0 Å². The van der Waals surface area contributed by atoms with E-state index in [1.54, 1.807) is 0 Å². The fourth-order valence-corrected chi connectivity index (χ4v) is 1.73. The first-order chi connectivity index (χ1) is 7.50. The standard InChI is InChI=1S/C12H19NO3/c1-8(2)6-9(3)13-7-11-10(12(14)15)4-5-16-11/h4-5,8-9,13H,6-7H2,1-3H3,(H,14,15). The zero-order valence-corrected chi connectivity index (χ0v) is 9.99. The minimum absolute atomic E-state index is 0.240. The topological polar surface area (TPSA) is 62.5 Å². The Balaban J connectivity index is 2.48. The average molecular weight is 225 g/mol. The summed E-state index contributed by atoms with van der Waals surface area (Å²) in [6, 6.07) is 1.83. The highest BCUT2D eigenvalue weighted by molar-refractivity contribution is 5.88. The molecule has 1 aromatic heterocycles. The van der Waals surface area contributed by atoms with Gasteiger partial charge >= 0.3 is 5.97 Å². The minimum Gasteiger partial charge on any atom is -0.478 e. The number of carboxylic acid groups (broad SMARTS) is 1. The minimum atomic E-state index is -0.943. The van der Waals surface area contributed by atoms with E-state index in [4.69, 9.17) is 9.52 Å². The maximum Gasteiger partial charge on any atom is 0.339 e. The monoisotopic (exact) mass is 225 g/mol. The molecule has 0 aliphatic heterocycles. The van der Waals surface area contributed by atoms with E-state index in [-0.39, 0.29) is 5.56 Å². The van der Waals surface area contributed by atoms with Crippen LogP contribution in [0, 0.1) is 5.92 Å². The third kappa shape index (κ3) is 3.70. The molecular formula is C12H19NO3. The van der Waals surface area contributed by atoms with Gasteiger partial charge in [0.05, 0.1) is 12.8 Å². The van der Waals surface area contributed by atoms with Crippen LogP contribution in [0.25, 0.3) is 0 Å². The van der Waals surface area contributed by atoms with Crippen molar-refractivity contribution >= 4 is 5.97 Å². The molecule has 0 aliphatic rings. The van der Waals surface area contributed by atoms with Crippen LogP contribution < -0.4 is 5.32 Å². The molecule has 0 radical (unpaired) electrons. The molecule has 0 aliphatic carbocycles. The van der Waals surface area contributed by atoms with Crippen molar-refractivity contribution in [1.82, 2.24) is 5.32 Å². The number of furan rings is 1. The van der Waals surface area contributed by atoms with Gasteiger partial charge in [-0.1, -0.05) is 13.8 Å². The molecular weight excluding hydrogens is 206 g/mol. The van der Waals surface area contributed by atoms with Crippen molar-refractivity contribution in [2.45, 2.75) is 39.8 Å². The fourth-order valence-electron chi connectivity index (χ4n) is 1.73. The number of carbonyl (C=O) groups is 1. The summed E-state index contributed by atoms with van der Waals surface area (Å²) in [5, 5.41) is 12.1. The van der Waals surface area contributed by atoms with Crippen LogP contribution in [0.4, 0.5) is 0 Å². The lowest BCUT2D eigenvalue weighted by molar-refractivity contribution is 0.0694. The van der Waals surface area contributed by atoms with E-state index in [0.717, 1.165) is 6.42 Å². The Hall–Kier alpha value is -1.29. The van der Waals surface area contributed by atoms with Crippen LogP contribution in [0.15, 0.2) is 16.7 Å². The Morgan fingerprint density at radius 3 is 2.75 bits per heavy atom. The molecule has 1 aromatic rings. The molecule has 1 rings (SSSR count). The van der Waals surface area contributed by atoms with Crippen molar-refractivity contribution in [3.63, 3.8) is 0 Å². The van der Waals surface area contributed by atoms with E-state index in [2.05, 4.69) is 26.1 Å². The lowest BCUT2D eigenvalue weighted by Gasteiger charge is -2.15. The smallest absolute Gasteiger partial charge is 0.339 e. The molecule has 0 saturated carbocycles. The second-order valence-electron chi connectivity index (χ2n) is 4.47. The van der Waals surface area contributed by atoms with E-state index in [0.29, 0.717) is 24.3 Å². The number of hydrogen-bond acceptors (Lipinski definition) is 3. The molecule has 1 unspecified atom stereocenters. The molecule has 1 heterocycles. The first-order valence-electron chi connectivity index (χ1n) is 5.53. The number of aromatic carboxylic acids is 1. The summed E-state index contributed by atoms with van der Waals surface area (Å²) in [7, 11) is 0. The average Bonchev–Trinajstić information content (AvgIpc) is 2.61. The quantitative estimate of drug-likeness (QED) is 0.780. The molecule has 0 fully saturated rings. The fraction of sp³-hybridized carbons (Fsp3) is 0.583. The van der Waals surface area contributed by atoms with Gasteiger partial charge in [-0.05, 0) is 25.3 Å². The van der Waals surface area contributed by atoms with E-state index < -0.39 is 5.97 Å². The first-order valence-corrected chi connectivity index (χ1v) is 5.53. The van der Waals surface area contributed by atoms with Gasteiger partial charge in [-0.25, -0.2) is 4.79 Å². The second-order valence-corrected chi connectivity index (χ2v) is 4.47. The summed E-state index contributed by atoms with van der Waals surface area (Å²) in [5.74, 6) is 0.170. The van der Waals surface area contributed by atoms with Crippen molar-refractivity contribution in [3.05, 3.63) is 23.7 Å². The molecule has 0 amide bonds. The third-order valence-electron chi connectivity index (χ3n) is 2.41. The normalized spacial score (nSPS) is 13.0. The molecule has 0 spiro atoms. The lowest BCUT2D eigenvalue weighted by Crippen LogP contribution is -2.27. The van der Waals surface area contributed by atoms with Gasteiger partial charge in [0, 0.05) is 6.04 Å². The van der Waals surface area contributed by atoms with Crippen LogP contribution in [-0.4, -0.2) is 17.1 Å². The highest BCUT2D eigenvalue weighted by Crippen LogP contribution is 2.11. The highest BCUT2D eigenvalue weighted by atomic mass is 16.4. The molecule has 0 aromatic carbocycles. The van der Waals surface area contributed by atoms with E-state index in [1.807, 2.05) is 0 Å². The molecule has 4 heteroatoms. The summed E-state index contributed by atoms with van der Waals surface area (Å²) in [4.78, 5) is 10.8. The Morgan fingerprint density at radius 2 is 2.19 bits per heavy atom. The summed E-state index contributed by atoms with van der Waals surface area (Å²) in [5.41, 5.74) is 0.240. The maximum atomic E-state index is 10.8. The first kappa shape index (κ1) is 12.8. The number of rotatable bonds is 6. The number of nitrogens with one attached hydrogen (secondary N) is 1. The molecule has 1 atom stereocenters. The molecule has 0 saturated heterocycles. The predicted molar refractivity (Wildman–Crippen MR) is 61.4 cm³/mol. The van der Waals surface area contributed by atoms with Gasteiger partial charge < -0.3 is 14.8 Å². The van der Waals surface area contributed by atoms with Gasteiger partial charge in [0.1, 0.15) is 11.3 Å². The lowest BCUT2D eigenvalue weighted by atomic mass is 10.1. The summed E-state index contributed by atoms with van der Waals surface area (Å²) < 4.78 is 5.14. The van der Waals surface area contributed by atoms with Crippen LogP contribution in [-0.2, 0) is 6.54 Å². The highest BCUT2D eigenvalue weighted by Gasteiger charge is 2.14. The van der Waals surface area contributed by atoms with Crippen molar-refractivity contribution in [2.75, 3.05) is 0 Å². The summed E-state index contributed by atoms with van der Waals surface area (Å²) in [6.45, 7) is 6.87. The van der Waals surface area contributed by atoms with E-state index >= 15 is 0 Å². The predicted octanol–water partition coefficient (Wildman–Crippen LogP) is 2.50. The van der Waals surface area contributed by atoms with Gasteiger partial charge in [-0.2, -0.15) is 0 Å². The zero-order chi connectivity index (χ0) is 12.1.